The van der Waals surface area contributed by atoms with Gasteiger partial charge in [-0.25, -0.2) is 9.67 Å². The molecule has 0 radical (unpaired) electrons. The maximum absolute atomic E-state index is 5.14. The topological polar surface area (TPSA) is 76.4 Å². The minimum Gasteiger partial charge on any atom is -0.377 e. The molecule has 3 rings (SSSR count). The second kappa shape index (κ2) is 8.84. The lowest BCUT2D eigenvalue weighted by Crippen LogP contribution is -2.47. The van der Waals surface area contributed by atoms with Crippen molar-refractivity contribution in [3.8, 4) is 0 Å². The molecule has 2 N–H and O–H groups in total. The van der Waals surface area contributed by atoms with E-state index >= 15 is 0 Å². The van der Waals surface area contributed by atoms with Crippen LogP contribution in [-0.4, -0.2) is 47.0 Å². The Morgan fingerprint density at radius 1 is 1.48 bits per heavy atom. The molecule has 0 saturated heterocycles. The predicted octanol–water partition coefficient (Wildman–Crippen LogP) is 2.33. The number of nitrogens with zero attached hydrogens (tertiary/aromatic N) is 4. The molecular formula is C19H30N6OS. The summed E-state index contributed by atoms with van der Waals surface area (Å²) in [7, 11) is 1.67. The minimum absolute atomic E-state index is 0.0250. The second-order valence-electron chi connectivity index (χ2n) is 7.50. The normalized spacial score (nSPS) is 17.6. The van der Waals surface area contributed by atoms with Crippen molar-refractivity contribution >= 4 is 17.3 Å². The van der Waals surface area contributed by atoms with E-state index in [0.29, 0.717) is 6.61 Å². The van der Waals surface area contributed by atoms with E-state index in [2.05, 4.69) is 59.0 Å². The molecule has 1 unspecified atom stereocenters. The molecule has 0 fully saturated rings. The Morgan fingerprint density at radius 2 is 2.33 bits per heavy atom. The molecule has 0 amide bonds. The molecule has 0 saturated carbocycles. The van der Waals surface area contributed by atoms with E-state index in [0.717, 1.165) is 50.1 Å². The number of methoxy groups -OCH3 is 1. The van der Waals surface area contributed by atoms with Gasteiger partial charge in [-0.1, -0.05) is 19.9 Å². The van der Waals surface area contributed by atoms with Crippen LogP contribution in [-0.2, 0) is 29.7 Å². The summed E-state index contributed by atoms with van der Waals surface area (Å²) in [6.45, 7) is 9.41. The van der Waals surface area contributed by atoms with E-state index in [9.17, 15) is 0 Å². The monoisotopic (exact) mass is 390 g/mol. The highest BCUT2D eigenvalue weighted by molar-refractivity contribution is 7.10. The van der Waals surface area contributed by atoms with E-state index in [-0.39, 0.29) is 11.5 Å². The molecule has 3 heterocycles. The number of hydrogen-bond acceptors (Lipinski definition) is 5. The van der Waals surface area contributed by atoms with Gasteiger partial charge in [0.05, 0.1) is 13.1 Å². The van der Waals surface area contributed by atoms with E-state index in [4.69, 9.17) is 9.73 Å². The first-order valence-corrected chi connectivity index (χ1v) is 10.4. The van der Waals surface area contributed by atoms with Crippen molar-refractivity contribution in [3.05, 3.63) is 34.0 Å². The third kappa shape index (κ3) is 5.07. The van der Waals surface area contributed by atoms with Crippen LogP contribution >= 0.6 is 11.3 Å². The zero-order chi connectivity index (χ0) is 19.3. The van der Waals surface area contributed by atoms with Gasteiger partial charge in [-0.05, 0) is 24.8 Å². The van der Waals surface area contributed by atoms with Crippen molar-refractivity contribution in [1.29, 1.82) is 0 Å². The van der Waals surface area contributed by atoms with Gasteiger partial charge in [0, 0.05) is 36.4 Å². The maximum atomic E-state index is 5.14. The first kappa shape index (κ1) is 19.8. The van der Waals surface area contributed by atoms with Gasteiger partial charge in [0.15, 0.2) is 11.8 Å². The van der Waals surface area contributed by atoms with Gasteiger partial charge in [0.2, 0.25) is 0 Å². The summed E-state index contributed by atoms with van der Waals surface area (Å²) >= 11 is 1.79. The van der Waals surface area contributed by atoms with Gasteiger partial charge in [-0.15, -0.1) is 11.3 Å². The average molecular weight is 391 g/mol. The first-order valence-electron chi connectivity index (χ1n) is 9.52. The van der Waals surface area contributed by atoms with Crippen LogP contribution in [0.2, 0.25) is 0 Å². The number of ether oxygens (including phenoxy) is 1. The molecule has 1 aliphatic heterocycles. The standard InChI is InChI=1S/C19H30N6OS/c1-5-20-18(21-13-19(2,3)15-7-6-10-27-15)22-14-8-9-17-23-16(12-26-4)24-25(17)11-14/h6-7,10,14H,5,8-9,11-13H2,1-4H3,(H2,20,21,22). The van der Waals surface area contributed by atoms with Crippen LogP contribution in [0.3, 0.4) is 0 Å². The molecule has 27 heavy (non-hydrogen) atoms. The van der Waals surface area contributed by atoms with Gasteiger partial charge in [0.25, 0.3) is 0 Å². The zero-order valence-corrected chi connectivity index (χ0v) is 17.5. The number of rotatable bonds is 7. The Labute approximate surface area is 165 Å². The summed E-state index contributed by atoms with van der Waals surface area (Å²) in [6.07, 6.45) is 1.93. The highest BCUT2D eigenvalue weighted by atomic mass is 32.1. The van der Waals surface area contributed by atoms with Gasteiger partial charge < -0.3 is 15.4 Å². The highest BCUT2D eigenvalue weighted by Gasteiger charge is 2.24. The summed E-state index contributed by atoms with van der Waals surface area (Å²) in [5.74, 6) is 2.67. The smallest absolute Gasteiger partial charge is 0.191 e. The van der Waals surface area contributed by atoms with Gasteiger partial charge in [-0.3, -0.25) is 4.99 Å². The number of aryl methyl sites for hydroxylation is 1. The summed E-state index contributed by atoms with van der Waals surface area (Å²) in [6, 6.07) is 4.58. The lowest BCUT2D eigenvalue weighted by Gasteiger charge is -2.26. The van der Waals surface area contributed by atoms with Crippen LogP contribution in [0.4, 0.5) is 0 Å². The SMILES string of the molecule is CCNC(=NCC(C)(C)c1cccs1)NC1CCc2nc(COC)nn2C1. The highest BCUT2D eigenvalue weighted by Crippen LogP contribution is 2.27. The Hall–Kier alpha value is -1.93. The number of nitrogens with one attached hydrogen (secondary N) is 2. The van der Waals surface area contributed by atoms with Crippen LogP contribution in [0, 0.1) is 0 Å². The van der Waals surface area contributed by atoms with Crippen molar-refractivity contribution in [1.82, 2.24) is 25.4 Å². The number of guanidine groups is 1. The lowest BCUT2D eigenvalue weighted by atomic mass is 9.92. The first-order chi connectivity index (χ1) is 13.0. The third-order valence-corrected chi connectivity index (χ3v) is 5.92. The summed E-state index contributed by atoms with van der Waals surface area (Å²) in [5.41, 5.74) is 0.0250. The summed E-state index contributed by atoms with van der Waals surface area (Å²) < 4.78 is 7.14. The fourth-order valence-corrected chi connectivity index (χ4v) is 4.04. The molecule has 1 aliphatic rings. The van der Waals surface area contributed by atoms with Crippen LogP contribution in [0.5, 0.6) is 0 Å². The lowest BCUT2D eigenvalue weighted by molar-refractivity contribution is 0.177. The van der Waals surface area contributed by atoms with E-state index in [1.54, 1.807) is 18.4 Å². The van der Waals surface area contributed by atoms with Crippen molar-refractivity contribution in [2.45, 2.75) is 58.2 Å². The second-order valence-corrected chi connectivity index (χ2v) is 8.44. The number of aromatic nitrogens is 3. The third-order valence-electron chi connectivity index (χ3n) is 4.68. The van der Waals surface area contributed by atoms with E-state index < -0.39 is 0 Å². The van der Waals surface area contributed by atoms with Crippen molar-refractivity contribution in [3.63, 3.8) is 0 Å². The molecule has 0 bridgehead atoms. The molecule has 0 aliphatic carbocycles. The van der Waals surface area contributed by atoms with Gasteiger partial charge >= 0.3 is 0 Å². The quantitative estimate of drug-likeness (QED) is 0.561. The Kier molecular flexibility index (Phi) is 6.49. The number of aliphatic imine (C=N–C) groups is 1. The number of thiophene rings is 1. The molecule has 2 aromatic heterocycles. The molecule has 0 spiro atoms. The number of hydrogen-bond donors (Lipinski definition) is 2. The molecule has 1 atom stereocenters. The number of fused-ring (bicyclic) bond motifs is 1. The van der Waals surface area contributed by atoms with Crippen LogP contribution in [0.25, 0.3) is 0 Å². The average Bonchev–Trinajstić information content (AvgIpc) is 3.30. The summed E-state index contributed by atoms with van der Waals surface area (Å²) in [5, 5.41) is 13.6. The Morgan fingerprint density at radius 3 is 3.04 bits per heavy atom. The predicted molar refractivity (Wildman–Crippen MR) is 109 cm³/mol. The Bertz CT molecular complexity index is 752. The largest absolute Gasteiger partial charge is 0.377 e. The zero-order valence-electron chi connectivity index (χ0n) is 16.7. The van der Waals surface area contributed by atoms with E-state index in [1.165, 1.54) is 4.88 Å². The molecular weight excluding hydrogens is 360 g/mol. The fraction of sp³-hybridized carbons (Fsp3) is 0.632. The van der Waals surface area contributed by atoms with Crippen LogP contribution in [0.15, 0.2) is 22.5 Å². The molecule has 0 aromatic carbocycles. The van der Waals surface area contributed by atoms with Crippen LogP contribution < -0.4 is 10.6 Å². The minimum atomic E-state index is 0.0250. The molecule has 2 aromatic rings. The van der Waals surface area contributed by atoms with Crippen molar-refractivity contribution in [2.75, 3.05) is 20.2 Å². The fourth-order valence-electron chi connectivity index (χ4n) is 3.20. The maximum Gasteiger partial charge on any atom is 0.191 e. The van der Waals surface area contributed by atoms with E-state index in [1.807, 2.05) is 4.68 Å². The van der Waals surface area contributed by atoms with Gasteiger partial charge in [-0.2, -0.15) is 5.10 Å². The Balaban J connectivity index is 1.64. The molecule has 7 nitrogen and oxygen atoms in total. The van der Waals surface area contributed by atoms with Crippen molar-refractivity contribution in [2.24, 2.45) is 4.99 Å². The van der Waals surface area contributed by atoms with Gasteiger partial charge in [0.1, 0.15) is 12.4 Å². The molecule has 8 heteroatoms. The van der Waals surface area contributed by atoms with Crippen molar-refractivity contribution < 1.29 is 4.74 Å². The molecule has 148 valence electrons. The van der Waals surface area contributed by atoms with Crippen LogP contribution in [0.1, 0.15) is 43.7 Å². The summed E-state index contributed by atoms with van der Waals surface area (Å²) in [4.78, 5) is 10.8.